The SMILES string of the molecule is CC(C)N(CCC(=O)O)c1ncnc2nc[nH]c12. The molecular formula is C11H15N5O2. The monoisotopic (exact) mass is 249 g/mol. The van der Waals surface area contributed by atoms with Gasteiger partial charge in [0.2, 0.25) is 0 Å². The molecule has 7 heteroatoms. The molecule has 0 aromatic carbocycles. The van der Waals surface area contributed by atoms with Crippen molar-refractivity contribution < 1.29 is 9.90 Å². The number of carbonyl (C=O) groups is 1. The maximum atomic E-state index is 10.7. The average Bonchev–Trinajstić information content (AvgIpc) is 2.77. The summed E-state index contributed by atoms with van der Waals surface area (Å²) in [5, 5.41) is 8.78. The first kappa shape index (κ1) is 12.3. The normalized spacial score (nSPS) is 11.1. The molecule has 0 unspecified atom stereocenters. The van der Waals surface area contributed by atoms with Crippen LogP contribution >= 0.6 is 0 Å². The Balaban J connectivity index is 2.35. The van der Waals surface area contributed by atoms with Gasteiger partial charge in [-0.3, -0.25) is 4.79 Å². The van der Waals surface area contributed by atoms with E-state index in [1.165, 1.54) is 6.33 Å². The predicted octanol–water partition coefficient (Wildman–Crippen LogP) is 1.04. The molecule has 2 heterocycles. The summed E-state index contributed by atoms with van der Waals surface area (Å²) in [4.78, 5) is 27.9. The number of aliphatic carboxylic acids is 1. The number of anilines is 1. The van der Waals surface area contributed by atoms with Crippen LogP contribution in [0.1, 0.15) is 20.3 Å². The number of rotatable bonds is 5. The molecule has 0 amide bonds. The van der Waals surface area contributed by atoms with Crippen molar-refractivity contribution in [2.75, 3.05) is 11.4 Å². The fraction of sp³-hybridized carbons (Fsp3) is 0.455. The zero-order valence-electron chi connectivity index (χ0n) is 10.3. The van der Waals surface area contributed by atoms with Crippen molar-refractivity contribution in [1.29, 1.82) is 0 Å². The fourth-order valence-corrected chi connectivity index (χ4v) is 1.79. The Morgan fingerprint density at radius 1 is 1.44 bits per heavy atom. The molecule has 0 aliphatic rings. The van der Waals surface area contributed by atoms with Gasteiger partial charge in [0.15, 0.2) is 11.5 Å². The van der Waals surface area contributed by atoms with Gasteiger partial charge in [-0.15, -0.1) is 0 Å². The minimum Gasteiger partial charge on any atom is -0.481 e. The second-order valence-corrected chi connectivity index (χ2v) is 4.23. The number of carboxylic acids is 1. The number of nitrogens with one attached hydrogen (secondary N) is 1. The Morgan fingerprint density at radius 3 is 2.89 bits per heavy atom. The van der Waals surface area contributed by atoms with E-state index >= 15 is 0 Å². The molecule has 0 radical (unpaired) electrons. The Hall–Kier alpha value is -2.18. The lowest BCUT2D eigenvalue weighted by Crippen LogP contribution is -2.33. The molecule has 0 bridgehead atoms. The number of carboxylic acid groups (broad SMARTS) is 1. The van der Waals surface area contributed by atoms with Crippen LogP contribution < -0.4 is 4.90 Å². The van der Waals surface area contributed by atoms with Gasteiger partial charge in [-0.05, 0) is 13.8 Å². The second kappa shape index (κ2) is 4.99. The van der Waals surface area contributed by atoms with E-state index in [-0.39, 0.29) is 12.5 Å². The van der Waals surface area contributed by atoms with Crippen molar-refractivity contribution in [1.82, 2.24) is 19.9 Å². The van der Waals surface area contributed by atoms with Gasteiger partial charge in [-0.1, -0.05) is 0 Å². The first-order chi connectivity index (χ1) is 8.59. The summed E-state index contributed by atoms with van der Waals surface area (Å²) in [5.74, 6) is -0.135. The van der Waals surface area contributed by atoms with Crippen LogP contribution in [0.5, 0.6) is 0 Å². The lowest BCUT2D eigenvalue weighted by atomic mass is 10.2. The summed E-state index contributed by atoms with van der Waals surface area (Å²) in [7, 11) is 0. The highest BCUT2D eigenvalue weighted by atomic mass is 16.4. The first-order valence-electron chi connectivity index (χ1n) is 5.72. The third-order valence-electron chi connectivity index (χ3n) is 2.66. The number of fused-ring (bicyclic) bond motifs is 1. The molecule has 2 aromatic heterocycles. The van der Waals surface area contributed by atoms with E-state index in [1.807, 2.05) is 18.7 Å². The van der Waals surface area contributed by atoms with Crippen molar-refractivity contribution in [3.8, 4) is 0 Å². The van der Waals surface area contributed by atoms with E-state index in [4.69, 9.17) is 5.11 Å². The van der Waals surface area contributed by atoms with E-state index in [0.29, 0.717) is 18.0 Å². The van der Waals surface area contributed by atoms with Crippen LogP contribution in [0.15, 0.2) is 12.7 Å². The highest BCUT2D eigenvalue weighted by Gasteiger charge is 2.17. The summed E-state index contributed by atoms with van der Waals surface area (Å²) >= 11 is 0. The molecule has 0 saturated carbocycles. The number of hydrogen-bond donors (Lipinski definition) is 2. The number of imidazole rings is 1. The molecule has 18 heavy (non-hydrogen) atoms. The number of aromatic nitrogens is 4. The topological polar surface area (TPSA) is 95.0 Å². The first-order valence-corrected chi connectivity index (χ1v) is 5.72. The van der Waals surface area contributed by atoms with E-state index in [9.17, 15) is 4.79 Å². The summed E-state index contributed by atoms with van der Waals surface area (Å²) in [6.45, 7) is 4.39. The predicted molar refractivity (Wildman–Crippen MR) is 66.4 cm³/mol. The minimum absolute atomic E-state index is 0.0673. The van der Waals surface area contributed by atoms with Crippen LogP contribution in [0.4, 0.5) is 5.82 Å². The molecule has 96 valence electrons. The number of nitrogens with zero attached hydrogens (tertiary/aromatic N) is 4. The Morgan fingerprint density at radius 2 is 2.22 bits per heavy atom. The molecule has 2 N–H and O–H groups in total. The maximum absolute atomic E-state index is 10.7. The van der Waals surface area contributed by atoms with Crippen molar-refractivity contribution in [3.05, 3.63) is 12.7 Å². The van der Waals surface area contributed by atoms with Gasteiger partial charge >= 0.3 is 5.97 Å². The molecule has 2 aromatic rings. The van der Waals surface area contributed by atoms with Crippen molar-refractivity contribution in [2.24, 2.45) is 0 Å². The number of H-pyrrole nitrogens is 1. The third-order valence-corrected chi connectivity index (χ3v) is 2.66. The van der Waals surface area contributed by atoms with E-state index in [2.05, 4.69) is 19.9 Å². The van der Waals surface area contributed by atoms with Crippen LogP contribution in [-0.2, 0) is 4.79 Å². The molecule has 7 nitrogen and oxygen atoms in total. The zero-order valence-corrected chi connectivity index (χ0v) is 10.3. The molecule has 0 atom stereocenters. The van der Waals surface area contributed by atoms with E-state index < -0.39 is 5.97 Å². The highest BCUT2D eigenvalue weighted by molar-refractivity contribution is 5.83. The van der Waals surface area contributed by atoms with E-state index in [0.717, 1.165) is 5.52 Å². The minimum atomic E-state index is -0.824. The van der Waals surface area contributed by atoms with Crippen LogP contribution in [0.2, 0.25) is 0 Å². The molecule has 0 fully saturated rings. The highest BCUT2D eigenvalue weighted by Crippen LogP contribution is 2.21. The lowest BCUT2D eigenvalue weighted by Gasteiger charge is -2.27. The number of hydrogen-bond acceptors (Lipinski definition) is 5. The van der Waals surface area contributed by atoms with Gasteiger partial charge in [0.05, 0.1) is 12.7 Å². The average molecular weight is 249 g/mol. The van der Waals surface area contributed by atoms with Crippen LogP contribution in [0.25, 0.3) is 11.2 Å². The largest absolute Gasteiger partial charge is 0.481 e. The van der Waals surface area contributed by atoms with Gasteiger partial charge < -0.3 is 15.0 Å². The van der Waals surface area contributed by atoms with E-state index in [1.54, 1.807) is 6.33 Å². The zero-order chi connectivity index (χ0) is 13.1. The molecule has 0 saturated heterocycles. The Bertz CT molecular complexity index is 551. The maximum Gasteiger partial charge on any atom is 0.305 e. The molecular weight excluding hydrogens is 234 g/mol. The summed E-state index contributed by atoms with van der Waals surface area (Å²) in [6, 6.07) is 0.144. The molecule has 0 aliphatic heterocycles. The van der Waals surface area contributed by atoms with Crippen LogP contribution in [0, 0.1) is 0 Å². The number of aromatic amines is 1. The molecule has 0 spiro atoms. The standard InChI is InChI=1S/C11H15N5O2/c1-7(2)16(4-3-8(17)18)11-9-10(13-5-12-9)14-6-15-11/h5-7H,3-4H2,1-2H3,(H,17,18)(H,12,13,14,15). The second-order valence-electron chi connectivity index (χ2n) is 4.23. The quantitative estimate of drug-likeness (QED) is 0.822. The summed E-state index contributed by atoms with van der Waals surface area (Å²) < 4.78 is 0. The molecule has 0 aliphatic carbocycles. The molecule has 2 rings (SSSR count). The lowest BCUT2D eigenvalue weighted by molar-refractivity contribution is -0.136. The smallest absolute Gasteiger partial charge is 0.305 e. The van der Waals surface area contributed by atoms with Crippen molar-refractivity contribution in [3.63, 3.8) is 0 Å². The van der Waals surface area contributed by atoms with Gasteiger partial charge in [0.25, 0.3) is 0 Å². The summed E-state index contributed by atoms with van der Waals surface area (Å²) in [6.07, 6.45) is 3.06. The van der Waals surface area contributed by atoms with Gasteiger partial charge in [-0.2, -0.15) is 0 Å². The Kier molecular flexibility index (Phi) is 3.40. The Labute approximate surface area is 104 Å². The van der Waals surface area contributed by atoms with Crippen LogP contribution in [-0.4, -0.2) is 43.6 Å². The van der Waals surface area contributed by atoms with Crippen molar-refractivity contribution in [2.45, 2.75) is 26.3 Å². The van der Waals surface area contributed by atoms with Crippen molar-refractivity contribution >= 4 is 23.0 Å². The van der Waals surface area contributed by atoms with Gasteiger partial charge in [-0.25, -0.2) is 15.0 Å². The van der Waals surface area contributed by atoms with Crippen LogP contribution in [0.3, 0.4) is 0 Å². The van der Waals surface area contributed by atoms with Gasteiger partial charge in [0, 0.05) is 12.6 Å². The third kappa shape index (κ3) is 2.39. The van der Waals surface area contributed by atoms with Gasteiger partial charge in [0.1, 0.15) is 11.8 Å². The summed E-state index contributed by atoms with van der Waals surface area (Å²) in [5.41, 5.74) is 1.32. The fourth-order valence-electron chi connectivity index (χ4n) is 1.79.